The number of benzene rings is 1. The van der Waals surface area contributed by atoms with Gasteiger partial charge in [0.15, 0.2) is 0 Å². The molecule has 6 heteroatoms. The number of halogens is 3. The molecular formula is C16H22F3NO2. The third-order valence-corrected chi connectivity index (χ3v) is 4.16. The molecule has 1 fully saturated rings. The minimum absolute atomic E-state index is 0.0764. The smallest absolute Gasteiger partial charge is 0.395 e. The standard InChI is InChI=1S/C16H22F3NO2/c17-16(18,19)13-6-4-12(5-7-13)9-15(22)10-20-8-2-1-3-14(20)11-21/h4-7,14-15,21-22H,1-3,8-11H2/t14-,15?/m1/s1. The van der Waals surface area contributed by atoms with Crippen LogP contribution in [-0.4, -0.2) is 47.0 Å². The summed E-state index contributed by atoms with van der Waals surface area (Å²) in [5.41, 5.74) is 0.000160. The van der Waals surface area contributed by atoms with E-state index in [4.69, 9.17) is 0 Å². The van der Waals surface area contributed by atoms with Crippen molar-refractivity contribution < 1.29 is 23.4 Å². The van der Waals surface area contributed by atoms with Gasteiger partial charge in [0.05, 0.1) is 18.3 Å². The Hall–Kier alpha value is -1.11. The summed E-state index contributed by atoms with van der Waals surface area (Å²) >= 11 is 0. The van der Waals surface area contributed by atoms with Crippen LogP contribution in [-0.2, 0) is 12.6 Å². The van der Waals surface area contributed by atoms with Crippen LogP contribution >= 0.6 is 0 Å². The first-order chi connectivity index (χ1) is 10.4. The highest BCUT2D eigenvalue weighted by Gasteiger charge is 2.30. The van der Waals surface area contributed by atoms with Gasteiger partial charge in [0.25, 0.3) is 0 Å². The summed E-state index contributed by atoms with van der Waals surface area (Å²) in [6.45, 7) is 1.36. The molecule has 3 nitrogen and oxygen atoms in total. The molecule has 1 aromatic rings. The van der Waals surface area contributed by atoms with Crippen LogP contribution in [0.4, 0.5) is 13.2 Å². The van der Waals surface area contributed by atoms with Crippen molar-refractivity contribution in [2.24, 2.45) is 0 Å². The fourth-order valence-electron chi connectivity index (χ4n) is 2.94. The van der Waals surface area contributed by atoms with Crippen molar-refractivity contribution in [2.75, 3.05) is 19.7 Å². The van der Waals surface area contributed by atoms with Crippen LogP contribution in [0.15, 0.2) is 24.3 Å². The van der Waals surface area contributed by atoms with Crippen LogP contribution in [0.5, 0.6) is 0 Å². The second-order valence-corrected chi connectivity index (χ2v) is 5.88. The number of aliphatic hydroxyl groups is 2. The van der Waals surface area contributed by atoms with Crippen LogP contribution in [0.25, 0.3) is 0 Å². The van der Waals surface area contributed by atoms with Crippen molar-refractivity contribution in [3.63, 3.8) is 0 Å². The maximum Gasteiger partial charge on any atom is 0.416 e. The Bertz CT molecular complexity index is 461. The molecule has 1 saturated heterocycles. The number of rotatable bonds is 5. The van der Waals surface area contributed by atoms with E-state index in [0.717, 1.165) is 37.9 Å². The van der Waals surface area contributed by atoms with E-state index >= 15 is 0 Å². The quantitative estimate of drug-likeness (QED) is 0.877. The lowest BCUT2D eigenvalue weighted by atomic mass is 10.0. The Morgan fingerprint density at radius 3 is 2.45 bits per heavy atom. The van der Waals surface area contributed by atoms with E-state index < -0.39 is 17.8 Å². The van der Waals surface area contributed by atoms with E-state index in [0.29, 0.717) is 18.5 Å². The Labute approximate surface area is 128 Å². The molecule has 1 heterocycles. The van der Waals surface area contributed by atoms with Gasteiger partial charge < -0.3 is 10.2 Å². The second-order valence-electron chi connectivity index (χ2n) is 5.88. The molecule has 2 atom stereocenters. The number of hydrogen-bond acceptors (Lipinski definition) is 3. The zero-order valence-electron chi connectivity index (χ0n) is 12.4. The van der Waals surface area contributed by atoms with Gasteiger partial charge in [-0.2, -0.15) is 13.2 Å². The van der Waals surface area contributed by atoms with Gasteiger partial charge in [-0.05, 0) is 43.5 Å². The van der Waals surface area contributed by atoms with E-state index in [1.165, 1.54) is 12.1 Å². The number of nitrogens with zero attached hydrogens (tertiary/aromatic N) is 1. The van der Waals surface area contributed by atoms with Crippen molar-refractivity contribution in [1.82, 2.24) is 4.90 Å². The third kappa shape index (κ3) is 4.69. The van der Waals surface area contributed by atoms with Crippen molar-refractivity contribution >= 4 is 0 Å². The van der Waals surface area contributed by atoms with E-state index in [9.17, 15) is 23.4 Å². The normalized spacial score (nSPS) is 21.8. The molecule has 1 aliphatic heterocycles. The first-order valence-corrected chi connectivity index (χ1v) is 7.59. The molecule has 1 aromatic carbocycles. The Kier molecular flexibility index (Phi) is 5.83. The minimum atomic E-state index is -4.33. The minimum Gasteiger partial charge on any atom is -0.395 e. The summed E-state index contributed by atoms with van der Waals surface area (Å²) in [6.07, 6.45) is -1.63. The lowest BCUT2D eigenvalue weighted by Crippen LogP contribution is -2.45. The number of piperidine rings is 1. The highest BCUT2D eigenvalue weighted by molar-refractivity contribution is 5.25. The molecule has 1 unspecified atom stereocenters. The average Bonchev–Trinajstić information content (AvgIpc) is 2.47. The van der Waals surface area contributed by atoms with Crippen molar-refractivity contribution in [3.8, 4) is 0 Å². The van der Waals surface area contributed by atoms with Crippen molar-refractivity contribution in [1.29, 1.82) is 0 Å². The Balaban J connectivity index is 1.90. The van der Waals surface area contributed by atoms with E-state index in [2.05, 4.69) is 4.90 Å². The summed E-state index contributed by atoms with van der Waals surface area (Å²) in [6, 6.07) is 4.98. The van der Waals surface area contributed by atoms with Gasteiger partial charge in [0.2, 0.25) is 0 Å². The maximum absolute atomic E-state index is 12.5. The number of aliphatic hydroxyl groups excluding tert-OH is 2. The number of β-amino-alcohol motifs (C(OH)–C–C–N with tert-alkyl or cyclic N) is 1. The summed E-state index contributed by atoms with van der Waals surface area (Å²) in [5, 5.41) is 19.5. The van der Waals surface area contributed by atoms with Crippen molar-refractivity contribution in [3.05, 3.63) is 35.4 Å². The fourth-order valence-corrected chi connectivity index (χ4v) is 2.94. The predicted molar refractivity (Wildman–Crippen MR) is 77.5 cm³/mol. The van der Waals surface area contributed by atoms with E-state index in [1.807, 2.05) is 0 Å². The molecule has 0 bridgehead atoms. The fraction of sp³-hybridized carbons (Fsp3) is 0.625. The van der Waals surface area contributed by atoms with Crippen LogP contribution in [0.2, 0.25) is 0 Å². The lowest BCUT2D eigenvalue weighted by molar-refractivity contribution is -0.137. The molecule has 2 N–H and O–H groups in total. The predicted octanol–water partition coefficient (Wildman–Crippen LogP) is 2.46. The number of hydrogen-bond donors (Lipinski definition) is 2. The maximum atomic E-state index is 12.5. The molecular weight excluding hydrogens is 295 g/mol. The summed E-state index contributed by atoms with van der Waals surface area (Å²) in [4.78, 5) is 2.07. The molecule has 2 rings (SSSR count). The third-order valence-electron chi connectivity index (χ3n) is 4.16. The molecule has 0 radical (unpaired) electrons. The highest BCUT2D eigenvalue weighted by Crippen LogP contribution is 2.29. The van der Waals surface area contributed by atoms with Gasteiger partial charge in [-0.1, -0.05) is 18.6 Å². The molecule has 0 aliphatic carbocycles. The molecule has 0 amide bonds. The SMILES string of the molecule is OC[C@H]1CCCCN1CC(O)Cc1ccc(C(F)(F)F)cc1. The van der Waals surface area contributed by atoms with Crippen LogP contribution in [0.3, 0.4) is 0 Å². The van der Waals surface area contributed by atoms with E-state index in [-0.39, 0.29) is 12.6 Å². The molecule has 0 saturated carbocycles. The zero-order chi connectivity index (χ0) is 16.2. The van der Waals surface area contributed by atoms with Crippen LogP contribution in [0.1, 0.15) is 30.4 Å². The number of alkyl halides is 3. The molecule has 22 heavy (non-hydrogen) atoms. The van der Waals surface area contributed by atoms with Gasteiger partial charge in [0.1, 0.15) is 0 Å². The topological polar surface area (TPSA) is 43.7 Å². The van der Waals surface area contributed by atoms with Gasteiger partial charge in [-0.25, -0.2) is 0 Å². The second kappa shape index (κ2) is 7.44. The largest absolute Gasteiger partial charge is 0.416 e. The first kappa shape index (κ1) is 17.2. The van der Waals surface area contributed by atoms with Gasteiger partial charge in [-0.15, -0.1) is 0 Å². The highest BCUT2D eigenvalue weighted by atomic mass is 19.4. The van der Waals surface area contributed by atoms with Gasteiger partial charge >= 0.3 is 6.18 Å². The van der Waals surface area contributed by atoms with Crippen LogP contribution in [0, 0.1) is 0 Å². The van der Waals surface area contributed by atoms with Crippen LogP contribution < -0.4 is 0 Å². The molecule has 124 valence electrons. The van der Waals surface area contributed by atoms with Gasteiger partial charge in [-0.3, -0.25) is 4.90 Å². The molecule has 0 aromatic heterocycles. The Morgan fingerprint density at radius 1 is 1.18 bits per heavy atom. The number of likely N-dealkylation sites (tertiary alicyclic amines) is 1. The van der Waals surface area contributed by atoms with Crippen molar-refractivity contribution in [2.45, 2.75) is 44.0 Å². The average molecular weight is 317 g/mol. The summed E-state index contributed by atoms with van der Waals surface area (Å²) in [5.74, 6) is 0. The van der Waals surface area contributed by atoms with Gasteiger partial charge in [0, 0.05) is 12.6 Å². The van der Waals surface area contributed by atoms with E-state index in [1.54, 1.807) is 0 Å². The summed E-state index contributed by atoms with van der Waals surface area (Å²) < 4.78 is 37.5. The monoisotopic (exact) mass is 317 g/mol. The lowest BCUT2D eigenvalue weighted by Gasteiger charge is -2.35. The zero-order valence-corrected chi connectivity index (χ0v) is 12.4. The molecule has 0 spiro atoms. The Morgan fingerprint density at radius 2 is 1.86 bits per heavy atom. The molecule has 1 aliphatic rings. The summed E-state index contributed by atoms with van der Waals surface area (Å²) in [7, 11) is 0. The first-order valence-electron chi connectivity index (χ1n) is 7.59.